The molecule has 166 valence electrons. The molecule has 4 aromatic rings. The molecular weight excluding hydrogens is 418 g/mol. The van der Waals surface area contributed by atoms with Gasteiger partial charge in [-0.15, -0.1) is 0 Å². The number of anilines is 1. The van der Waals surface area contributed by atoms with E-state index in [4.69, 9.17) is 18.6 Å². The van der Waals surface area contributed by atoms with Gasteiger partial charge in [-0.05, 0) is 41.5 Å². The van der Waals surface area contributed by atoms with Gasteiger partial charge in [0.05, 0.1) is 27.0 Å². The molecule has 1 aliphatic rings. The molecule has 1 amide bonds. The minimum Gasteiger partial charge on any atom is -0.497 e. The molecule has 33 heavy (non-hydrogen) atoms. The van der Waals surface area contributed by atoms with Crippen LogP contribution in [0.3, 0.4) is 0 Å². The van der Waals surface area contributed by atoms with E-state index in [-0.39, 0.29) is 0 Å². The lowest BCUT2D eigenvalue weighted by molar-refractivity contribution is 0.176. The van der Waals surface area contributed by atoms with Crippen LogP contribution in [0.25, 0.3) is 28.2 Å². The van der Waals surface area contributed by atoms with E-state index in [1.807, 2.05) is 78.9 Å². The standard InChI is InChI=1S/C27H23NO5/c1-30-19-11-8-18(9-12-19)25-21-14-13-20(31-2)16-24(21)33-26(25)23-15-10-17-6-4-5-7-22(17)28(23)27(29)32-3/h4-16,23H,1-3H3/t23-/m1/s1. The van der Waals surface area contributed by atoms with Crippen LogP contribution in [0.4, 0.5) is 10.5 Å². The van der Waals surface area contributed by atoms with Gasteiger partial charge in [0.1, 0.15) is 28.9 Å². The Labute approximate surface area is 191 Å². The van der Waals surface area contributed by atoms with Crippen molar-refractivity contribution in [3.63, 3.8) is 0 Å². The van der Waals surface area contributed by atoms with Gasteiger partial charge in [0.25, 0.3) is 0 Å². The number of fused-ring (bicyclic) bond motifs is 2. The Bertz CT molecular complexity index is 1350. The molecule has 6 heteroatoms. The zero-order chi connectivity index (χ0) is 22.9. The third kappa shape index (κ3) is 3.49. The monoisotopic (exact) mass is 441 g/mol. The highest BCUT2D eigenvalue weighted by atomic mass is 16.5. The molecule has 0 spiro atoms. The van der Waals surface area contributed by atoms with Crippen LogP contribution >= 0.6 is 0 Å². The van der Waals surface area contributed by atoms with Crippen molar-refractivity contribution < 1.29 is 23.4 Å². The third-order valence-corrected chi connectivity index (χ3v) is 5.88. The first-order valence-electron chi connectivity index (χ1n) is 10.5. The third-order valence-electron chi connectivity index (χ3n) is 5.88. The van der Waals surface area contributed by atoms with Gasteiger partial charge in [-0.3, -0.25) is 4.90 Å². The minimum atomic E-state index is -0.497. The van der Waals surface area contributed by atoms with E-state index in [1.165, 1.54) is 7.11 Å². The molecule has 1 aliphatic heterocycles. The topological polar surface area (TPSA) is 61.1 Å². The molecule has 1 aromatic heterocycles. The van der Waals surface area contributed by atoms with Crippen LogP contribution in [0.1, 0.15) is 17.4 Å². The minimum absolute atomic E-state index is 0.462. The van der Waals surface area contributed by atoms with E-state index >= 15 is 0 Å². The number of amides is 1. The summed E-state index contributed by atoms with van der Waals surface area (Å²) in [5.74, 6) is 2.09. The molecule has 5 rings (SSSR count). The number of methoxy groups -OCH3 is 3. The lowest BCUT2D eigenvalue weighted by Gasteiger charge is -2.32. The Hall–Kier alpha value is -4.19. The van der Waals surface area contributed by atoms with Crippen LogP contribution in [0.2, 0.25) is 0 Å². The van der Waals surface area contributed by atoms with Crippen molar-refractivity contribution in [2.75, 3.05) is 26.2 Å². The van der Waals surface area contributed by atoms with E-state index < -0.39 is 12.1 Å². The average molecular weight is 441 g/mol. The maximum Gasteiger partial charge on any atom is 0.414 e. The fraction of sp³-hybridized carbons (Fsp3) is 0.148. The maximum atomic E-state index is 13.0. The first-order valence-corrected chi connectivity index (χ1v) is 10.5. The summed E-state index contributed by atoms with van der Waals surface area (Å²) in [6, 6.07) is 20.7. The predicted molar refractivity (Wildman–Crippen MR) is 128 cm³/mol. The van der Waals surface area contributed by atoms with E-state index in [9.17, 15) is 4.79 Å². The van der Waals surface area contributed by atoms with Gasteiger partial charge in [0, 0.05) is 17.0 Å². The lowest BCUT2D eigenvalue weighted by atomic mass is 9.95. The molecule has 0 saturated heterocycles. The van der Waals surface area contributed by atoms with Gasteiger partial charge in [0.15, 0.2) is 0 Å². The normalized spacial score (nSPS) is 14.8. The molecule has 0 aliphatic carbocycles. The van der Waals surface area contributed by atoms with Gasteiger partial charge in [0.2, 0.25) is 0 Å². The van der Waals surface area contributed by atoms with Crippen molar-refractivity contribution in [1.82, 2.24) is 0 Å². The summed E-state index contributed by atoms with van der Waals surface area (Å²) in [6.07, 6.45) is 3.50. The number of benzene rings is 3. The number of carbonyl (C=O) groups excluding carboxylic acids is 1. The van der Waals surface area contributed by atoms with Gasteiger partial charge >= 0.3 is 6.09 Å². The summed E-state index contributed by atoms with van der Waals surface area (Å²) >= 11 is 0. The SMILES string of the molecule is COC(=O)N1c2ccccc2C=C[C@@H]1c1oc2cc(OC)ccc2c1-c1ccc(OC)cc1. The molecule has 0 N–H and O–H groups in total. The fourth-order valence-corrected chi connectivity index (χ4v) is 4.28. The van der Waals surface area contributed by atoms with E-state index in [2.05, 4.69) is 0 Å². The summed E-state index contributed by atoms with van der Waals surface area (Å²) in [4.78, 5) is 14.6. The highest BCUT2D eigenvalue weighted by Crippen LogP contribution is 2.45. The van der Waals surface area contributed by atoms with E-state index in [0.29, 0.717) is 17.1 Å². The Morgan fingerprint density at radius 1 is 0.909 bits per heavy atom. The molecular formula is C27H23NO5. The molecule has 6 nitrogen and oxygen atoms in total. The first kappa shape index (κ1) is 20.7. The summed E-state index contributed by atoms with van der Waals surface area (Å²) in [5.41, 5.74) is 4.22. The second-order valence-electron chi connectivity index (χ2n) is 7.63. The van der Waals surface area contributed by atoms with Crippen LogP contribution in [-0.2, 0) is 4.74 Å². The Morgan fingerprint density at radius 3 is 2.36 bits per heavy atom. The van der Waals surface area contributed by atoms with Crippen LogP contribution in [0, 0.1) is 0 Å². The van der Waals surface area contributed by atoms with Crippen LogP contribution in [-0.4, -0.2) is 27.4 Å². The van der Waals surface area contributed by atoms with Gasteiger partial charge in [-0.1, -0.05) is 42.5 Å². The number of carbonyl (C=O) groups is 1. The first-order chi connectivity index (χ1) is 16.1. The second kappa shape index (κ2) is 8.39. The molecule has 1 atom stereocenters. The second-order valence-corrected chi connectivity index (χ2v) is 7.63. The van der Waals surface area contributed by atoms with Crippen LogP contribution in [0.15, 0.2) is 77.2 Å². The van der Waals surface area contributed by atoms with Gasteiger partial charge < -0.3 is 18.6 Å². The molecule has 0 bridgehead atoms. The number of nitrogens with zero attached hydrogens (tertiary/aromatic N) is 1. The Kier molecular flexibility index (Phi) is 5.26. The zero-order valence-electron chi connectivity index (χ0n) is 18.6. The number of hydrogen-bond acceptors (Lipinski definition) is 5. The van der Waals surface area contributed by atoms with Crippen LogP contribution in [0.5, 0.6) is 11.5 Å². The molecule has 2 heterocycles. The van der Waals surface area contributed by atoms with Crippen LogP contribution < -0.4 is 14.4 Å². The highest BCUT2D eigenvalue weighted by Gasteiger charge is 2.34. The van der Waals surface area contributed by atoms with E-state index in [1.54, 1.807) is 19.1 Å². The smallest absolute Gasteiger partial charge is 0.414 e. The number of rotatable bonds is 4. The number of ether oxygens (including phenoxy) is 3. The lowest BCUT2D eigenvalue weighted by Crippen LogP contribution is -2.36. The van der Waals surface area contributed by atoms with Crippen molar-refractivity contribution in [2.24, 2.45) is 0 Å². The Balaban J connectivity index is 1.75. The number of para-hydroxylation sites is 1. The average Bonchev–Trinajstić information content (AvgIpc) is 3.26. The van der Waals surface area contributed by atoms with Crippen molar-refractivity contribution in [3.8, 4) is 22.6 Å². The molecule has 0 fully saturated rings. The quantitative estimate of drug-likeness (QED) is 0.364. The van der Waals surface area contributed by atoms with Crippen molar-refractivity contribution in [3.05, 3.63) is 84.1 Å². The molecule has 0 saturated carbocycles. The predicted octanol–water partition coefficient (Wildman–Crippen LogP) is 6.46. The highest BCUT2D eigenvalue weighted by molar-refractivity contribution is 5.99. The number of hydrogen-bond donors (Lipinski definition) is 0. The molecule has 0 unspecified atom stereocenters. The van der Waals surface area contributed by atoms with Crippen molar-refractivity contribution in [2.45, 2.75) is 6.04 Å². The molecule has 3 aromatic carbocycles. The summed E-state index contributed by atoms with van der Waals surface area (Å²) < 4.78 is 22.3. The van der Waals surface area contributed by atoms with Gasteiger partial charge in [-0.25, -0.2) is 4.79 Å². The summed E-state index contributed by atoms with van der Waals surface area (Å²) in [6.45, 7) is 0. The maximum absolute atomic E-state index is 13.0. The Morgan fingerprint density at radius 2 is 1.64 bits per heavy atom. The summed E-state index contributed by atoms with van der Waals surface area (Å²) in [7, 11) is 4.64. The zero-order valence-corrected chi connectivity index (χ0v) is 18.6. The summed E-state index contributed by atoms with van der Waals surface area (Å²) in [5, 5.41) is 0.924. The largest absolute Gasteiger partial charge is 0.497 e. The van der Waals surface area contributed by atoms with Crippen molar-refractivity contribution in [1.29, 1.82) is 0 Å². The van der Waals surface area contributed by atoms with Gasteiger partial charge in [-0.2, -0.15) is 0 Å². The number of furan rings is 1. The van der Waals surface area contributed by atoms with E-state index in [0.717, 1.165) is 33.5 Å². The molecule has 0 radical (unpaired) electrons. The van der Waals surface area contributed by atoms with Crippen molar-refractivity contribution >= 4 is 28.8 Å². The fourth-order valence-electron chi connectivity index (χ4n) is 4.28.